The summed E-state index contributed by atoms with van der Waals surface area (Å²) in [6.07, 6.45) is 0. The molecule has 1 saturated heterocycles. The van der Waals surface area contributed by atoms with E-state index in [1.165, 1.54) is 0 Å². The highest BCUT2D eigenvalue weighted by molar-refractivity contribution is 14.1. The first-order valence-corrected chi connectivity index (χ1v) is 7.96. The number of Topliss-reactive ketones (excluding diaryl/α,β-unsaturated/α-hetero) is 1. The molecule has 2 rings (SSSR count). The van der Waals surface area contributed by atoms with Gasteiger partial charge in [-0.25, -0.2) is 0 Å². The standard InChI is InChI=1S/C16H22INO2/c1-15(2)10-18(11-16(3,4)20-15)9-14(19)12-5-7-13(17)8-6-12/h5-8H,9-11H2,1-4H3. The molecule has 1 aromatic rings. The minimum Gasteiger partial charge on any atom is -0.367 e. The number of carbonyl (C=O) groups excluding carboxylic acids is 1. The monoisotopic (exact) mass is 387 g/mol. The number of morpholine rings is 1. The van der Waals surface area contributed by atoms with Crippen LogP contribution in [0, 0.1) is 3.57 Å². The molecule has 20 heavy (non-hydrogen) atoms. The highest BCUT2D eigenvalue weighted by Gasteiger charge is 2.38. The fourth-order valence-corrected chi connectivity index (χ4v) is 3.35. The number of carbonyl (C=O) groups is 1. The summed E-state index contributed by atoms with van der Waals surface area (Å²) in [6, 6.07) is 7.75. The quantitative estimate of drug-likeness (QED) is 0.589. The Balaban J connectivity index is 2.05. The predicted octanol–water partition coefficient (Wildman–Crippen LogP) is 3.36. The number of ether oxygens (including phenoxy) is 1. The van der Waals surface area contributed by atoms with Gasteiger partial charge in [0.05, 0.1) is 17.7 Å². The maximum Gasteiger partial charge on any atom is 0.176 e. The summed E-state index contributed by atoms with van der Waals surface area (Å²) in [4.78, 5) is 14.6. The van der Waals surface area contributed by atoms with E-state index in [1.54, 1.807) is 0 Å². The Morgan fingerprint density at radius 2 is 1.65 bits per heavy atom. The summed E-state index contributed by atoms with van der Waals surface area (Å²) in [5.74, 6) is 0.176. The number of hydrogen-bond donors (Lipinski definition) is 0. The van der Waals surface area contributed by atoms with Crippen LogP contribution in [-0.2, 0) is 4.74 Å². The minimum absolute atomic E-state index is 0.176. The molecular formula is C16H22INO2. The molecule has 0 unspecified atom stereocenters. The van der Waals surface area contributed by atoms with Gasteiger partial charge in [0.25, 0.3) is 0 Å². The second-order valence-electron chi connectivity index (χ2n) is 6.70. The van der Waals surface area contributed by atoms with Crippen molar-refractivity contribution in [3.63, 3.8) is 0 Å². The van der Waals surface area contributed by atoms with Crippen molar-refractivity contribution >= 4 is 28.4 Å². The Morgan fingerprint density at radius 1 is 1.15 bits per heavy atom. The maximum atomic E-state index is 12.4. The predicted molar refractivity (Wildman–Crippen MR) is 89.2 cm³/mol. The molecule has 0 aliphatic carbocycles. The number of halogens is 1. The molecule has 1 aromatic carbocycles. The van der Waals surface area contributed by atoms with Crippen LogP contribution < -0.4 is 0 Å². The van der Waals surface area contributed by atoms with Gasteiger partial charge < -0.3 is 4.74 Å². The van der Waals surface area contributed by atoms with Gasteiger partial charge in [0.2, 0.25) is 0 Å². The summed E-state index contributed by atoms with van der Waals surface area (Å²) < 4.78 is 7.19. The van der Waals surface area contributed by atoms with Crippen LogP contribution >= 0.6 is 22.6 Å². The maximum absolute atomic E-state index is 12.4. The van der Waals surface area contributed by atoms with E-state index >= 15 is 0 Å². The van der Waals surface area contributed by atoms with Crippen molar-refractivity contribution in [1.29, 1.82) is 0 Å². The Labute approximate surface area is 134 Å². The summed E-state index contributed by atoms with van der Waals surface area (Å²) in [7, 11) is 0. The van der Waals surface area contributed by atoms with Gasteiger partial charge in [0.1, 0.15) is 0 Å². The zero-order valence-corrected chi connectivity index (χ0v) is 14.7. The Kier molecular flexibility index (Phi) is 4.56. The Hall–Kier alpha value is -0.460. The molecule has 0 aromatic heterocycles. The first kappa shape index (κ1) is 15.9. The van der Waals surface area contributed by atoms with Crippen molar-refractivity contribution in [2.24, 2.45) is 0 Å². The molecule has 1 aliphatic heterocycles. The Bertz CT molecular complexity index is 478. The average Bonchev–Trinajstić information content (AvgIpc) is 2.25. The summed E-state index contributed by atoms with van der Waals surface area (Å²) in [6.45, 7) is 10.3. The van der Waals surface area contributed by atoms with Crippen molar-refractivity contribution in [3.8, 4) is 0 Å². The summed E-state index contributed by atoms with van der Waals surface area (Å²) in [5, 5.41) is 0. The van der Waals surface area contributed by atoms with Gasteiger partial charge >= 0.3 is 0 Å². The van der Waals surface area contributed by atoms with Gasteiger partial charge in [-0.05, 0) is 62.4 Å². The van der Waals surface area contributed by atoms with E-state index in [1.807, 2.05) is 24.3 Å². The molecule has 0 atom stereocenters. The molecule has 110 valence electrons. The van der Waals surface area contributed by atoms with E-state index in [9.17, 15) is 4.79 Å². The molecule has 3 nitrogen and oxygen atoms in total. The summed E-state index contributed by atoms with van der Waals surface area (Å²) >= 11 is 2.25. The lowest BCUT2D eigenvalue weighted by molar-refractivity contribution is -0.178. The number of benzene rings is 1. The molecule has 0 spiro atoms. The van der Waals surface area contributed by atoms with E-state index < -0.39 is 0 Å². The molecule has 0 bridgehead atoms. The van der Waals surface area contributed by atoms with Gasteiger partial charge in [-0.1, -0.05) is 12.1 Å². The van der Waals surface area contributed by atoms with Crippen molar-refractivity contribution in [2.75, 3.05) is 19.6 Å². The number of ketones is 1. The van der Waals surface area contributed by atoms with Crippen LogP contribution in [0.25, 0.3) is 0 Å². The first-order chi connectivity index (χ1) is 9.17. The Morgan fingerprint density at radius 3 is 2.15 bits per heavy atom. The average molecular weight is 387 g/mol. The lowest BCUT2D eigenvalue weighted by Crippen LogP contribution is -2.58. The molecule has 1 aliphatic rings. The van der Waals surface area contributed by atoms with E-state index in [0.29, 0.717) is 6.54 Å². The van der Waals surface area contributed by atoms with Crippen molar-refractivity contribution in [2.45, 2.75) is 38.9 Å². The highest BCUT2D eigenvalue weighted by Crippen LogP contribution is 2.28. The van der Waals surface area contributed by atoms with Crippen molar-refractivity contribution in [1.82, 2.24) is 4.90 Å². The largest absolute Gasteiger partial charge is 0.367 e. The minimum atomic E-state index is -0.214. The van der Waals surface area contributed by atoms with Gasteiger partial charge in [0, 0.05) is 22.2 Å². The molecule has 1 fully saturated rings. The number of rotatable bonds is 3. The second-order valence-corrected chi connectivity index (χ2v) is 7.94. The van der Waals surface area contributed by atoms with Crippen LogP contribution in [0.3, 0.4) is 0 Å². The SMILES string of the molecule is CC1(C)CN(CC(=O)c2ccc(I)cc2)CC(C)(C)O1. The molecule has 4 heteroatoms. The fraction of sp³-hybridized carbons (Fsp3) is 0.562. The lowest BCUT2D eigenvalue weighted by Gasteiger charge is -2.47. The third-order valence-electron chi connectivity index (χ3n) is 3.29. The highest BCUT2D eigenvalue weighted by atomic mass is 127. The van der Waals surface area contributed by atoms with E-state index in [0.717, 1.165) is 22.2 Å². The van der Waals surface area contributed by atoms with Crippen LogP contribution in [0.4, 0.5) is 0 Å². The zero-order chi connectivity index (χ0) is 15.0. The topological polar surface area (TPSA) is 29.5 Å². The van der Waals surface area contributed by atoms with E-state index in [2.05, 4.69) is 55.2 Å². The van der Waals surface area contributed by atoms with E-state index in [-0.39, 0.29) is 17.0 Å². The fourth-order valence-electron chi connectivity index (χ4n) is 2.99. The number of nitrogens with zero attached hydrogens (tertiary/aromatic N) is 1. The molecule has 0 amide bonds. The van der Waals surface area contributed by atoms with Crippen molar-refractivity contribution in [3.05, 3.63) is 33.4 Å². The van der Waals surface area contributed by atoms with Gasteiger partial charge in [-0.3, -0.25) is 9.69 Å². The van der Waals surface area contributed by atoms with Crippen LogP contribution in [0.15, 0.2) is 24.3 Å². The van der Waals surface area contributed by atoms with Crippen LogP contribution in [0.2, 0.25) is 0 Å². The van der Waals surface area contributed by atoms with Crippen molar-refractivity contribution < 1.29 is 9.53 Å². The van der Waals surface area contributed by atoms with Crippen LogP contribution in [-0.4, -0.2) is 41.5 Å². The zero-order valence-electron chi connectivity index (χ0n) is 12.6. The van der Waals surface area contributed by atoms with Gasteiger partial charge in [-0.2, -0.15) is 0 Å². The molecule has 0 saturated carbocycles. The molecular weight excluding hydrogens is 365 g/mol. The van der Waals surface area contributed by atoms with Gasteiger partial charge in [-0.15, -0.1) is 0 Å². The third kappa shape index (κ3) is 4.27. The molecule has 0 N–H and O–H groups in total. The summed E-state index contributed by atoms with van der Waals surface area (Å²) in [5.41, 5.74) is 0.356. The second kappa shape index (κ2) is 5.73. The van der Waals surface area contributed by atoms with Crippen LogP contribution in [0.5, 0.6) is 0 Å². The first-order valence-electron chi connectivity index (χ1n) is 6.88. The van der Waals surface area contributed by atoms with Gasteiger partial charge in [0.15, 0.2) is 5.78 Å². The van der Waals surface area contributed by atoms with E-state index in [4.69, 9.17) is 4.74 Å². The molecule has 1 heterocycles. The normalized spacial score (nSPS) is 21.6. The van der Waals surface area contributed by atoms with Crippen LogP contribution in [0.1, 0.15) is 38.1 Å². The lowest BCUT2D eigenvalue weighted by atomic mass is 9.98. The third-order valence-corrected chi connectivity index (χ3v) is 4.01. The molecule has 0 radical (unpaired) electrons. The smallest absolute Gasteiger partial charge is 0.176 e. The number of hydrogen-bond acceptors (Lipinski definition) is 3.